The number of hydrogen-bond acceptors (Lipinski definition) is 3. The first kappa shape index (κ1) is 14.8. The second-order valence-corrected chi connectivity index (χ2v) is 5.00. The van der Waals surface area contributed by atoms with Gasteiger partial charge in [0.2, 0.25) is 11.9 Å². The maximum Gasteiger partial charge on any atom is 0.232 e. The maximum absolute atomic E-state index is 11.4. The second-order valence-electron chi connectivity index (χ2n) is 4.16. The van der Waals surface area contributed by atoms with Gasteiger partial charge in [-0.05, 0) is 19.1 Å². The molecule has 2 aromatic rings. The number of nitrogens with zero attached hydrogens (tertiary/aromatic N) is 3. The molecule has 0 saturated heterocycles. The predicted octanol–water partition coefficient (Wildman–Crippen LogP) is 3.82. The average molecular weight is 310 g/mol. The molecular formula is C14H13Cl2N3O. The summed E-state index contributed by atoms with van der Waals surface area (Å²) < 4.78 is 0. The molecule has 0 aliphatic rings. The van der Waals surface area contributed by atoms with E-state index in [2.05, 4.69) is 9.97 Å². The molecular weight excluding hydrogens is 297 g/mol. The number of aromatic nitrogens is 2. The summed E-state index contributed by atoms with van der Waals surface area (Å²) in [7, 11) is 0. The van der Waals surface area contributed by atoms with Gasteiger partial charge in [0.05, 0.1) is 0 Å². The highest BCUT2D eigenvalue weighted by Gasteiger charge is 2.12. The summed E-state index contributed by atoms with van der Waals surface area (Å²) in [6, 6.07) is 5.23. The summed E-state index contributed by atoms with van der Waals surface area (Å²) in [6.45, 7) is 3.88. The molecule has 20 heavy (non-hydrogen) atoms. The molecule has 104 valence electrons. The van der Waals surface area contributed by atoms with Crippen molar-refractivity contribution < 1.29 is 4.79 Å². The number of amides is 1. The second kappa shape index (κ2) is 6.20. The van der Waals surface area contributed by atoms with Crippen molar-refractivity contribution in [2.45, 2.75) is 13.8 Å². The highest BCUT2D eigenvalue weighted by molar-refractivity contribution is 6.36. The number of benzene rings is 1. The third-order valence-electron chi connectivity index (χ3n) is 2.82. The van der Waals surface area contributed by atoms with Crippen LogP contribution in [-0.4, -0.2) is 22.4 Å². The lowest BCUT2D eigenvalue weighted by atomic mass is 10.1. The quantitative estimate of drug-likeness (QED) is 0.865. The monoisotopic (exact) mass is 309 g/mol. The van der Waals surface area contributed by atoms with Crippen molar-refractivity contribution in [3.8, 4) is 11.1 Å². The lowest BCUT2D eigenvalue weighted by Gasteiger charge is -2.16. The lowest BCUT2D eigenvalue weighted by molar-refractivity contribution is -0.116. The van der Waals surface area contributed by atoms with Gasteiger partial charge in [-0.2, -0.15) is 0 Å². The van der Waals surface area contributed by atoms with E-state index in [4.69, 9.17) is 23.2 Å². The van der Waals surface area contributed by atoms with Gasteiger partial charge in [0.25, 0.3) is 0 Å². The molecule has 4 nitrogen and oxygen atoms in total. The Hall–Kier alpha value is -1.65. The minimum atomic E-state index is -0.0928. The fourth-order valence-electron chi connectivity index (χ4n) is 1.83. The third-order valence-corrected chi connectivity index (χ3v) is 3.37. The fourth-order valence-corrected chi connectivity index (χ4v) is 2.35. The molecule has 1 aromatic carbocycles. The maximum atomic E-state index is 11.4. The van der Waals surface area contributed by atoms with Crippen molar-refractivity contribution >= 4 is 35.1 Å². The number of anilines is 1. The Morgan fingerprint density at radius 2 is 1.90 bits per heavy atom. The third kappa shape index (κ3) is 3.08. The molecule has 0 bridgehead atoms. The summed E-state index contributed by atoms with van der Waals surface area (Å²) in [5, 5.41) is 1.11. The van der Waals surface area contributed by atoms with E-state index in [0.29, 0.717) is 22.5 Å². The van der Waals surface area contributed by atoms with E-state index in [1.807, 2.05) is 13.0 Å². The zero-order valence-electron chi connectivity index (χ0n) is 11.1. The average Bonchev–Trinajstić information content (AvgIpc) is 2.40. The number of hydrogen-bond donors (Lipinski definition) is 0. The Balaban J connectivity index is 2.34. The molecule has 0 saturated carbocycles. The van der Waals surface area contributed by atoms with Gasteiger partial charge in [-0.3, -0.25) is 9.69 Å². The molecule has 6 heteroatoms. The number of rotatable bonds is 3. The van der Waals surface area contributed by atoms with Crippen LogP contribution in [0.5, 0.6) is 0 Å². The van der Waals surface area contributed by atoms with E-state index in [0.717, 1.165) is 11.1 Å². The van der Waals surface area contributed by atoms with Crippen LogP contribution < -0.4 is 4.90 Å². The molecule has 0 unspecified atom stereocenters. The molecule has 0 fully saturated rings. The van der Waals surface area contributed by atoms with Crippen molar-refractivity contribution in [1.82, 2.24) is 9.97 Å². The molecule has 1 aromatic heterocycles. The van der Waals surface area contributed by atoms with E-state index in [1.165, 1.54) is 11.8 Å². The van der Waals surface area contributed by atoms with E-state index in [-0.39, 0.29) is 5.91 Å². The van der Waals surface area contributed by atoms with Crippen LogP contribution in [0.2, 0.25) is 10.0 Å². The Bertz CT molecular complexity index is 629. The molecule has 0 aliphatic heterocycles. The van der Waals surface area contributed by atoms with Crippen molar-refractivity contribution in [1.29, 1.82) is 0 Å². The molecule has 0 aliphatic carbocycles. The zero-order chi connectivity index (χ0) is 14.7. The van der Waals surface area contributed by atoms with Gasteiger partial charge in [-0.25, -0.2) is 9.97 Å². The van der Waals surface area contributed by atoms with Crippen molar-refractivity contribution in [2.24, 2.45) is 0 Å². The molecule has 1 heterocycles. The van der Waals surface area contributed by atoms with Crippen molar-refractivity contribution in [3.63, 3.8) is 0 Å². The fraction of sp³-hybridized carbons (Fsp3) is 0.214. The van der Waals surface area contributed by atoms with Gasteiger partial charge >= 0.3 is 0 Å². The van der Waals surface area contributed by atoms with Crippen LogP contribution in [0.3, 0.4) is 0 Å². The van der Waals surface area contributed by atoms with E-state index < -0.39 is 0 Å². The Morgan fingerprint density at radius 1 is 1.25 bits per heavy atom. The minimum absolute atomic E-state index is 0.0928. The van der Waals surface area contributed by atoms with Crippen LogP contribution in [-0.2, 0) is 4.79 Å². The van der Waals surface area contributed by atoms with E-state index in [9.17, 15) is 4.79 Å². The van der Waals surface area contributed by atoms with Crippen LogP contribution in [0.15, 0.2) is 30.6 Å². The first-order valence-electron chi connectivity index (χ1n) is 6.08. The molecule has 0 N–H and O–H groups in total. The highest BCUT2D eigenvalue weighted by atomic mass is 35.5. The van der Waals surface area contributed by atoms with E-state index in [1.54, 1.807) is 24.5 Å². The summed E-state index contributed by atoms with van der Waals surface area (Å²) in [5.74, 6) is 0.290. The van der Waals surface area contributed by atoms with Crippen LogP contribution in [0.25, 0.3) is 11.1 Å². The first-order chi connectivity index (χ1) is 9.52. The number of carbonyl (C=O) groups excluding carboxylic acids is 1. The van der Waals surface area contributed by atoms with Crippen molar-refractivity contribution in [3.05, 3.63) is 40.6 Å². The number of carbonyl (C=O) groups is 1. The molecule has 0 radical (unpaired) electrons. The Morgan fingerprint density at radius 3 is 2.40 bits per heavy atom. The molecule has 0 atom stereocenters. The van der Waals surface area contributed by atoms with Crippen LogP contribution in [0, 0.1) is 0 Å². The highest BCUT2D eigenvalue weighted by Crippen LogP contribution is 2.29. The molecule has 0 spiro atoms. The van der Waals surface area contributed by atoms with Gasteiger partial charge in [0.15, 0.2) is 0 Å². The van der Waals surface area contributed by atoms with Gasteiger partial charge < -0.3 is 0 Å². The zero-order valence-corrected chi connectivity index (χ0v) is 12.6. The normalized spacial score (nSPS) is 10.4. The summed E-state index contributed by atoms with van der Waals surface area (Å²) in [5.41, 5.74) is 1.57. The van der Waals surface area contributed by atoms with Crippen molar-refractivity contribution in [2.75, 3.05) is 11.4 Å². The Labute approximate surface area is 127 Å². The number of halogens is 2. The van der Waals surface area contributed by atoms with Gasteiger partial charge in [-0.15, -0.1) is 0 Å². The Kier molecular flexibility index (Phi) is 4.57. The largest absolute Gasteiger partial charge is 0.281 e. The SMILES string of the molecule is CCN(C(C)=O)c1ncc(-c2ccc(Cl)cc2Cl)cn1. The summed E-state index contributed by atoms with van der Waals surface area (Å²) >= 11 is 12.0. The summed E-state index contributed by atoms with van der Waals surface area (Å²) in [4.78, 5) is 21.4. The predicted molar refractivity (Wildman–Crippen MR) is 81.2 cm³/mol. The van der Waals surface area contributed by atoms with Crippen LogP contribution in [0.1, 0.15) is 13.8 Å². The van der Waals surface area contributed by atoms with Gasteiger partial charge in [0, 0.05) is 47.0 Å². The molecule has 1 amide bonds. The summed E-state index contributed by atoms with van der Waals surface area (Å²) in [6.07, 6.45) is 3.28. The van der Waals surface area contributed by atoms with Crippen LogP contribution in [0.4, 0.5) is 5.95 Å². The van der Waals surface area contributed by atoms with Gasteiger partial charge in [0.1, 0.15) is 0 Å². The van der Waals surface area contributed by atoms with Gasteiger partial charge in [-0.1, -0.05) is 29.3 Å². The standard InChI is InChI=1S/C14H13Cl2N3O/c1-3-19(9(2)20)14-17-7-10(8-18-14)12-5-4-11(15)6-13(12)16/h4-8H,3H2,1-2H3. The minimum Gasteiger partial charge on any atom is -0.281 e. The lowest BCUT2D eigenvalue weighted by Crippen LogP contribution is -2.29. The smallest absolute Gasteiger partial charge is 0.232 e. The van der Waals surface area contributed by atoms with Crippen LogP contribution >= 0.6 is 23.2 Å². The topological polar surface area (TPSA) is 46.1 Å². The molecule has 2 rings (SSSR count). The van der Waals surface area contributed by atoms with E-state index >= 15 is 0 Å². The first-order valence-corrected chi connectivity index (χ1v) is 6.84.